The molecule has 0 bridgehead atoms. The van der Waals surface area contributed by atoms with Crippen molar-refractivity contribution in [1.82, 2.24) is 0 Å². The van der Waals surface area contributed by atoms with E-state index in [1.165, 1.54) is 18.2 Å². The molecule has 26 heavy (non-hydrogen) atoms. The largest absolute Gasteiger partial charge is 0.444 e. The fraction of sp³-hybridized carbons (Fsp3) is 0.211. The van der Waals surface area contributed by atoms with Gasteiger partial charge >= 0.3 is 6.09 Å². The van der Waals surface area contributed by atoms with Crippen molar-refractivity contribution in [3.05, 3.63) is 59.7 Å². The van der Waals surface area contributed by atoms with Crippen LogP contribution in [0.1, 0.15) is 41.5 Å². The number of nitrogens with two attached hydrogens (primary N) is 1. The van der Waals surface area contributed by atoms with Crippen molar-refractivity contribution >= 4 is 29.3 Å². The van der Waals surface area contributed by atoms with Crippen molar-refractivity contribution in [2.24, 2.45) is 5.73 Å². The van der Waals surface area contributed by atoms with Crippen LogP contribution >= 0.6 is 0 Å². The first-order valence-electron chi connectivity index (χ1n) is 7.95. The van der Waals surface area contributed by atoms with Gasteiger partial charge in [0.25, 0.3) is 5.91 Å². The van der Waals surface area contributed by atoms with Gasteiger partial charge in [0.15, 0.2) is 0 Å². The number of benzene rings is 2. The second-order valence-corrected chi connectivity index (χ2v) is 6.60. The number of rotatable bonds is 4. The molecule has 0 spiro atoms. The van der Waals surface area contributed by atoms with Crippen molar-refractivity contribution in [1.29, 1.82) is 0 Å². The molecule has 2 aromatic rings. The van der Waals surface area contributed by atoms with Gasteiger partial charge in [0.05, 0.1) is 0 Å². The van der Waals surface area contributed by atoms with E-state index in [-0.39, 0.29) is 5.91 Å². The van der Waals surface area contributed by atoms with Gasteiger partial charge in [0, 0.05) is 22.5 Å². The van der Waals surface area contributed by atoms with Gasteiger partial charge < -0.3 is 15.8 Å². The second-order valence-electron chi connectivity index (χ2n) is 6.60. The highest BCUT2D eigenvalue weighted by Gasteiger charge is 2.16. The summed E-state index contributed by atoms with van der Waals surface area (Å²) in [6.45, 7) is 5.29. The lowest BCUT2D eigenvalue weighted by Gasteiger charge is -2.19. The van der Waals surface area contributed by atoms with Crippen LogP contribution in [0, 0.1) is 0 Å². The Balaban J connectivity index is 2.05. The first-order valence-corrected chi connectivity index (χ1v) is 7.95. The summed E-state index contributed by atoms with van der Waals surface area (Å²) in [6.07, 6.45) is -0.600. The van der Waals surface area contributed by atoms with Gasteiger partial charge in [-0.05, 0) is 63.2 Å². The molecule has 0 aliphatic heterocycles. The van der Waals surface area contributed by atoms with E-state index in [9.17, 15) is 14.4 Å². The smallest absolute Gasteiger partial charge is 0.412 e. The lowest BCUT2D eigenvalue weighted by atomic mass is 10.1. The zero-order valence-corrected chi connectivity index (χ0v) is 14.8. The normalized spacial score (nSPS) is 10.7. The third-order valence-electron chi connectivity index (χ3n) is 3.20. The summed E-state index contributed by atoms with van der Waals surface area (Å²) in [6, 6.07) is 12.7. The minimum absolute atomic E-state index is 0.353. The zero-order valence-electron chi connectivity index (χ0n) is 14.8. The molecule has 7 nitrogen and oxygen atoms in total. The van der Waals surface area contributed by atoms with Gasteiger partial charge in [-0.3, -0.25) is 14.9 Å². The minimum atomic E-state index is -0.615. The maximum atomic E-state index is 12.4. The van der Waals surface area contributed by atoms with Crippen molar-refractivity contribution in [2.75, 3.05) is 10.6 Å². The van der Waals surface area contributed by atoms with E-state index in [1.807, 2.05) is 0 Å². The number of carbonyl (C=O) groups is 3. The average Bonchev–Trinajstić information content (AvgIpc) is 2.53. The van der Waals surface area contributed by atoms with E-state index < -0.39 is 17.6 Å². The fourth-order valence-corrected chi connectivity index (χ4v) is 2.08. The molecule has 0 aromatic heterocycles. The number of ether oxygens (including phenoxy) is 1. The van der Waals surface area contributed by atoms with Crippen molar-refractivity contribution in [3.63, 3.8) is 0 Å². The molecule has 0 saturated carbocycles. The van der Waals surface area contributed by atoms with E-state index in [1.54, 1.807) is 51.1 Å². The summed E-state index contributed by atoms with van der Waals surface area (Å²) in [5.41, 5.74) is 6.24. The van der Waals surface area contributed by atoms with Crippen LogP contribution in [-0.4, -0.2) is 23.5 Å². The second kappa shape index (κ2) is 7.69. The summed E-state index contributed by atoms with van der Waals surface area (Å²) in [4.78, 5) is 35.2. The Bertz CT molecular complexity index is 823. The van der Waals surface area contributed by atoms with Crippen molar-refractivity contribution in [2.45, 2.75) is 26.4 Å². The zero-order chi connectivity index (χ0) is 19.3. The van der Waals surface area contributed by atoms with E-state index in [0.717, 1.165) is 0 Å². The molecule has 0 aliphatic rings. The third-order valence-corrected chi connectivity index (χ3v) is 3.20. The number of carbonyl (C=O) groups excluding carboxylic acids is 3. The molecule has 0 aliphatic carbocycles. The standard InChI is InChI=1S/C19H21N3O4/c1-19(2,3)26-18(25)22-15-6-4-5-13(11-15)17(24)21-14-9-7-12(8-10-14)16(20)23/h4-11H,1-3H3,(H2,20,23)(H,21,24)(H,22,25). The average molecular weight is 355 g/mol. The quantitative estimate of drug-likeness (QED) is 0.780. The van der Waals surface area contributed by atoms with Crippen LogP contribution in [0.5, 0.6) is 0 Å². The molecule has 7 heteroatoms. The summed E-state index contributed by atoms with van der Waals surface area (Å²) < 4.78 is 5.18. The Morgan fingerprint density at radius 3 is 2.12 bits per heavy atom. The highest BCUT2D eigenvalue weighted by atomic mass is 16.6. The van der Waals surface area contributed by atoms with Gasteiger partial charge in [-0.1, -0.05) is 6.07 Å². The van der Waals surface area contributed by atoms with E-state index >= 15 is 0 Å². The van der Waals surface area contributed by atoms with Gasteiger partial charge in [-0.25, -0.2) is 4.79 Å². The molecule has 2 aromatic carbocycles. The van der Waals surface area contributed by atoms with E-state index in [4.69, 9.17) is 10.5 Å². The lowest BCUT2D eigenvalue weighted by Crippen LogP contribution is -2.27. The maximum Gasteiger partial charge on any atom is 0.412 e. The Kier molecular flexibility index (Phi) is 5.61. The molecule has 0 fully saturated rings. The van der Waals surface area contributed by atoms with Crippen LogP contribution < -0.4 is 16.4 Å². The molecule has 0 unspecified atom stereocenters. The Hall–Kier alpha value is -3.35. The van der Waals surface area contributed by atoms with Crippen LogP contribution in [0.3, 0.4) is 0 Å². The molecule has 0 atom stereocenters. The molecule has 2 rings (SSSR count). The molecular formula is C19H21N3O4. The highest BCUT2D eigenvalue weighted by Crippen LogP contribution is 2.16. The summed E-state index contributed by atoms with van der Waals surface area (Å²) in [5.74, 6) is -0.895. The third kappa shape index (κ3) is 5.62. The van der Waals surface area contributed by atoms with Crippen LogP contribution in [0.2, 0.25) is 0 Å². The van der Waals surface area contributed by atoms with Crippen LogP contribution in [0.25, 0.3) is 0 Å². The number of hydrogen-bond donors (Lipinski definition) is 3. The Labute approximate surface area is 151 Å². The lowest BCUT2D eigenvalue weighted by molar-refractivity contribution is 0.0635. The molecule has 4 N–H and O–H groups in total. The number of anilines is 2. The molecule has 0 saturated heterocycles. The van der Waals surface area contributed by atoms with Gasteiger partial charge in [-0.2, -0.15) is 0 Å². The topological polar surface area (TPSA) is 111 Å². The first kappa shape index (κ1) is 19.0. The maximum absolute atomic E-state index is 12.4. The summed E-state index contributed by atoms with van der Waals surface area (Å²) in [7, 11) is 0. The van der Waals surface area contributed by atoms with Crippen LogP contribution in [0.4, 0.5) is 16.2 Å². The SMILES string of the molecule is CC(C)(C)OC(=O)Nc1cccc(C(=O)Nc2ccc(C(N)=O)cc2)c1. The first-order chi connectivity index (χ1) is 12.1. The number of hydrogen-bond acceptors (Lipinski definition) is 4. The van der Waals surface area contributed by atoms with E-state index in [0.29, 0.717) is 22.5 Å². The van der Waals surface area contributed by atoms with Gasteiger partial charge in [0.2, 0.25) is 5.91 Å². The predicted octanol–water partition coefficient (Wildman–Crippen LogP) is 3.38. The number of nitrogens with one attached hydrogen (secondary N) is 2. The molecule has 136 valence electrons. The summed E-state index contributed by atoms with van der Waals surface area (Å²) in [5, 5.41) is 5.29. The van der Waals surface area contributed by atoms with Gasteiger partial charge in [0.1, 0.15) is 5.60 Å². The molecule has 0 radical (unpaired) electrons. The summed E-state index contributed by atoms with van der Waals surface area (Å²) >= 11 is 0. The molecule has 0 heterocycles. The molecular weight excluding hydrogens is 334 g/mol. The van der Waals surface area contributed by atoms with Crippen LogP contribution in [0.15, 0.2) is 48.5 Å². The van der Waals surface area contributed by atoms with Crippen molar-refractivity contribution in [3.8, 4) is 0 Å². The number of primary amides is 1. The molecule has 3 amide bonds. The van der Waals surface area contributed by atoms with Crippen LogP contribution in [-0.2, 0) is 4.74 Å². The Morgan fingerprint density at radius 2 is 1.54 bits per heavy atom. The Morgan fingerprint density at radius 1 is 0.885 bits per heavy atom. The van der Waals surface area contributed by atoms with Crippen molar-refractivity contribution < 1.29 is 19.1 Å². The van der Waals surface area contributed by atoms with E-state index in [2.05, 4.69) is 10.6 Å². The fourth-order valence-electron chi connectivity index (χ4n) is 2.08. The highest BCUT2D eigenvalue weighted by molar-refractivity contribution is 6.05. The minimum Gasteiger partial charge on any atom is -0.444 e. The van der Waals surface area contributed by atoms with Gasteiger partial charge in [-0.15, -0.1) is 0 Å². The number of amides is 3. The predicted molar refractivity (Wildman–Crippen MR) is 99.2 cm³/mol. The monoisotopic (exact) mass is 355 g/mol.